The third-order valence-corrected chi connectivity index (χ3v) is 8.42. The van der Waals surface area contributed by atoms with Crippen LogP contribution < -0.4 is 9.62 Å². The average molecular weight is 511 g/mol. The highest BCUT2D eigenvalue weighted by molar-refractivity contribution is 8.01. The summed E-state index contributed by atoms with van der Waals surface area (Å²) in [5, 5.41) is 11.1. The first-order valence-electron chi connectivity index (χ1n) is 10.5. The number of nitrogens with one attached hydrogen (secondary N) is 1. The van der Waals surface area contributed by atoms with Crippen LogP contribution in [0.1, 0.15) is 22.8 Å². The number of carbonyl (C=O) groups excluding carboxylic acids is 1. The number of aromatic nitrogens is 2. The van der Waals surface area contributed by atoms with Crippen LogP contribution in [0.15, 0.2) is 94.2 Å². The Morgan fingerprint density at radius 1 is 0.971 bits per heavy atom. The van der Waals surface area contributed by atoms with Gasteiger partial charge in [0.05, 0.1) is 17.1 Å². The van der Waals surface area contributed by atoms with E-state index in [0.29, 0.717) is 10.8 Å². The number of benzene rings is 3. The van der Waals surface area contributed by atoms with Gasteiger partial charge in [0.25, 0.3) is 15.9 Å². The Bertz CT molecular complexity index is 1360. The minimum atomic E-state index is -3.96. The Morgan fingerprint density at radius 3 is 2.38 bits per heavy atom. The molecular weight excluding hydrogens is 488 g/mol. The molecular formula is C24H22N4O3S3. The van der Waals surface area contributed by atoms with E-state index in [-0.39, 0.29) is 17.0 Å². The Hall–Kier alpha value is -3.21. The number of amides is 1. The number of hydrogen-bond donors (Lipinski definition) is 1. The monoisotopic (exact) mass is 510 g/mol. The lowest BCUT2D eigenvalue weighted by molar-refractivity contribution is 0.102. The number of nitrogens with zero attached hydrogens (tertiary/aromatic N) is 3. The average Bonchev–Trinajstić information content (AvgIpc) is 3.30. The van der Waals surface area contributed by atoms with Crippen LogP contribution in [0.3, 0.4) is 0 Å². The molecule has 0 saturated heterocycles. The van der Waals surface area contributed by atoms with Gasteiger partial charge in [0.1, 0.15) is 0 Å². The molecule has 1 aromatic heterocycles. The molecule has 3 aromatic carbocycles. The van der Waals surface area contributed by atoms with Crippen molar-refractivity contribution in [3.05, 3.63) is 96.1 Å². The molecule has 174 valence electrons. The summed E-state index contributed by atoms with van der Waals surface area (Å²) in [5.41, 5.74) is 1.60. The summed E-state index contributed by atoms with van der Waals surface area (Å²) in [6.07, 6.45) is 0. The van der Waals surface area contributed by atoms with Gasteiger partial charge in [-0.05, 0) is 41.6 Å². The zero-order valence-electron chi connectivity index (χ0n) is 18.3. The van der Waals surface area contributed by atoms with Crippen molar-refractivity contribution in [1.29, 1.82) is 0 Å². The SMILES string of the molecule is CCSc1nnc(NC(=O)c2cccc(S(=O)(=O)N(Cc3ccccc3)c3ccccc3)c2)s1. The third kappa shape index (κ3) is 5.64. The standard InChI is InChI=1S/C24H22N4O3S3/c1-2-32-24-27-26-23(33-24)25-22(29)19-12-9-15-21(16-19)34(30,31)28(20-13-7-4-8-14-20)17-18-10-5-3-6-11-18/h3-16H,2,17H2,1H3,(H,25,26,29). The van der Waals surface area contributed by atoms with Crippen LogP contribution in [0, 0.1) is 0 Å². The maximum absolute atomic E-state index is 13.7. The number of hydrogen-bond acceptors (Lipinski definition) is 7. The fourth-order valence-electron chi connectivity index (χ4n) is 3.19. The zero-order chi connectivity index (χ0) is 24.0. The first-order valence-corrected chi connectivity index (χ1v) is 13.7. The van der Waals surface area contributed by atoms with E-state index in [1.165, 1.54) is 39.5 Å². The van der Waals surface area contributed by atoms with Gasteiger partial charge in [-0.25, -0.2) is 8.42 Å². The van der Waals surface area contributed by atoms with E-state index in [1.807, 2.05) is 43.3 Å². The molecule has 0 atom stereocenters. The fourth-order valence-corrected chi connectivity index (χ4v) is 6.34. The van der Waals surface area contributed by atoms with E-state index in [4.69, 9.17) is 0 Å². The summed E-state index contributed by atoms with van der Waals surface area (Å²) in [4.78, 5) is 12.8. The minimum Gasteiger partial charge on any atom is -0.296 e. The smallest absolute Gasteiger partial charge is 0.264 e. The second-order valence-corrected chi connectivity index (χ2v) is 11.5. The molecule has 0 radical (unpaired) electrons. The van der Waals surface area contributed by atoms with Crippen molar-refractivity contribution in [2.24, 2.45) is 0 Å². The Labute approximate surface area is 206 Å². The number of thioether (sulfide) groups is 1. The summed E-state index contributed by atoms with van der Waals surface area (Å²) in [7, 11) is -3.96. The van der Waals surface area contributed by atoms with E-state index in [2.05, 4.69) is 15.5 Å². The van der Waals surface area contributed by atoms with Gasteiger partial charge in [0, 0.05) is 5.56 Å². The summed E-state index contributed by atoms with van der Waals surface area (Å²) < 4.78 is 29.5. The van der Waals surface area contributed by atoms with Crippen molar-refractivity contribution in [3.63, 3.8) is 0 Å². The van der Waals surface area contributed by atoms with Crippen LogP contribution in [0.4, 0.5) is 10.8 Å². The first kappa shape index (κ1) is 23.9. The molecule has 0 bridgehead atoms. The molecule has 1 N–H and O–H groups in total. The topological polar surface area (TPSA) is 92.3 Å². The first-order chi connectivity index (χ1) is 16.5. The summed E-state index contributed by atoms with van der Waals surface area (Å²) in [5.74, 6) is 0.402. The predicted molar refractivity (Wildman–Crippen MR) is 137 cm³/mol. The molecule has 0 spiro atoms. The maximum atomic E-state index is 13.7. The molecule has 1 heterocycles. The van der Waals surface area contributed by atoms with Gasteiger partial charge in [-0.15, -0.1) is 10.2 Å². The van der Waals surface area contributed by atoms with Gasteiger partial charge >= 0.3 is 0 Å². The second kappa shape index (κ2) is 10.8. The van der Waals surface area contributed by atoms with Crippen LogP contribution >= 0.6 is 23.1 Å². The number of sulfonamides is 1. The predicted octanol–water partition coefficient (Wildman–Crippen LogP) is 5.30. The molecule has 10 heteroatoms. The van der Waals surface area contributed by atoms with Gasteiger partial charge in [-0.2, -0.15) is 0 Å². The third-order valence-electron chi connectivity index (χ3n) is 4.79. The fraction of sp³-hybridized carbons (Fsp3) is 0.125. The largest absolute Gasteiger partial charge is 0.296 e. The Balaban J connectivity index is 1.63. The van der Waals surface area contributed by atoms with Crippen molar-refractivity contribution in [2.45, 2.75) is 22.7 Å². The normalized spacial score (nSPS) is 11.2. The Morgan fingerprint density at radius 2 is 1.68 bits per heavy atom. The van der Waals surface area contributed by atoms with Gasteiger partial charge in [0.2, 0.25) is 5.13 Å². The number of rotatable bonds is 9. The highest BCUT2D eigenvalue weighted by Crippen LogP contribution is 2.28. The molecule has 0 unspecified atom stereocenters. The molecule has 1 amide bonds. The van der Waals surface area contributed by atoms with Crippen molar-refractivity contribution in [1.82, 2.24) is 10.2 Å². The van der Waals surface area contributed by atoms with E-state index in [0.717, 1.165) is 15.7 Å². The molecule has 0 aliphatic heterocycles. The van der Waals surface area contributed by atoms with Gasteiger partial charge < -0.3 is 0 Å². The van der Waals surface area contributed by atoms with E-state index < -0.39 is 15.9 Å². The van der Waals surface area contributed by atoms with E-state index in [9.17, 15) is 13.2 Å². The van der Waals surface area contributed by atoms with Crippen molar-refractivity contribution in [3.8, 4) is 0 Å². The summed E-state index contributed by atoms with van der Waals surface area (Å²) in [6, 6.07) is 24.3. The van der Waals surface area contributed by atoms with Crippen molar-refractivity contribution >= 4 is 49.8 Å². The molecule has 4 aromatic rings. The zero-order valence-corrected chi connectivity index (χ0v) is 20.7. The molecule has 34 heavy (non-hydrogen) atoms. The lowest BCUT2D eigenvalue weighted by Gasteiger charge is -2.25. The lowest BCUT2D eigenvalue weighted by Crippen LogP contribution is -2.30. The van der Waals surface area contributed by atoms with Crippen LogP contribution in [0.5, 0.6) is 0 Å². The summed E-state index contributed by atoms with van der Waals surface area (Å²) >= 11 is 2.81. The van der Waals surface area contributed by atoms with Crippen LogP contribution in [-0.2, 0) is 16.6 Å². The number of para-hydroxylation sites is 1. The minimum absolute atomic E-state index is 0.0272. The number of anilines is 2. The van der Waals surface area contributed by atoms with Crippen molar-refractivity contribution in [2.75, 3.05) is 15.4 Å². The highest BCUT2D eigenvalue weighted by atomic mass is 32.2. The molecule has 0 fully saturated rings. The van der Waals surface area contributed by atoms with E-state index >= 15 is 0 Å². The quantitative estimate of drug-likeness (QED) is 0.243. The summed E-state index contributed by atoms with van der Waals surface area (Å²) in [6.45, 7) is 2.17. The molecule has 0 aliphatic rings. The Kier molecular flexibility index (Phi) is 7.61. The van der Waals surface area contributed by atoms with Gasteiger partial charge in [0.15, 0.2) is 4.34 Å². The van der Waals surface area contributed by atoms with Gasteiger partial charge in [-0.3, -0.25) is 14.4 Å². The van der Waals surface area contributed by atoms with Crippen LogP contribution in [0.2, 0.25) is 0 Å². The lowest BCUT2D eigenvalue weighted by atomic mass is 10.2. The molecule has 0 saturated carbocycles. The van der Waals surface area contributed by atoms with Gasteiger partial charge in [-0.1, -0.05) is 84.6 Å². The number of carbonyl (C=O) groups is 1. The second-order valence-electron chi connectivity index (χ2n) is 7.12. The highest BCUT2D eigenvalue weighted by Gasteiger charge is 2.26. The van der Waals surface area contributed by atoms with Crippen molar-refractivity contribution < 1.29 is 13.2 Å². The van der Waals surface area contributed by atoms with Crippen LogP contribution in [0.25, 0.3) is 0 Å². The van der Waals surface area contributed by atoms with E-state index in [1.54, 1.807) is 36.4 Å². The molecule has 7 nitrogen and oxygen atoms in total. The molecule has 4 rings (SSSR count). The maximum Gasteiger partial charge on any atom is 0.264 e. The van der Waals surface area contributed by atoms with Crippen LogP contribution in [-0.4, -0.2) is 30.3 Å². The molecule has 0 aliphatic carbocycles.